The molecule has 1 aromatic heterocycles. The maximum Gasteiger partial charge on any atom is 0.313 e. The summed E-state index contributed by atoms with van der Waals surface area (Å²) in [6.07, 6.45) is 0.503. The van der Waals surface area contributed by atoms with Crippen molar-refractivity contribution in [3.63, 3.8) is 0 Å². The normalized spacial score (nSPS) is 41.5. The number of aliphatic hydroxyl groups excluding tert-OH is 1. The van der Waals surface area contributed by atoms with E-state index in [4.69, 9.17) is 25.5 Å². The van der Waals surface area contributed by atoms with E-state index in [1.54, 1.807) is 13.0 Å². The van der Waals surface area contributed by atoms with Crippen LogP contribution < -0.4 is 0 Å². The predicted octanol–water partition coefficient (Wildman–Crippen LogP) is 1.33. The predicted molar refractivity (Wildman–Crippen MR) is 107 cm³/mol. The van der Waals surface area contributed by atoms with Crippen molar-refractivity contribution in [2.45, 2.75) is 50.9 Å². The number of cyclic esters (lactones) is 1. The number of ether oxygens (including phenoxy) is 2. The van der Waals surface area contributed by atoms with E-state index in [1.165, 1.54) is 12.5 Å². The molecule has 3 aliphatic rings. The van der Waals surface area contributed by atoms with Crippen LogP contribution in [-0.4, -0.2) is 57.9 Å². The molecule has 174 valence electrons. The lowest BCUT2D eigenvalue weighted by molar-refractivity contribution is -0.225. The molecular formula is C22H25ClO9. The van der Waals surface area contributed by atoms with Gasteiger partial charge in [-0.15, -0.1) is 11.6 Å². The molecule has 1 aromatic rings. The average molecular weight is 469 g/mol. The summed E-state index contributed by atoms with van der Waals surface area (Å²) in [6.45, 7) is 2.01. The first kappa shape index (κ1) is 22.9. The van der Waals surface area contributed by atoms with Crippen molar-refractivity contribution in [1.82, 2.24) is 0 Å². The average Bonchev–Trinajstić information content (AvgIpc) is 3.41. The zero-order chi connectivity index (χ0) is 23.5. The van der Waals surface area contributed by atoms with Crippen molar-refractivity contribution >= 4 is 35.1 Å². The van der Waals surface area contributed by atoms with Crippen LogP contribution >= 0.6 is 11.6 Å². The standard InChI is InChI=1S/C22H25ClO9/c1-11-17(26)18(27)21(10-31-12(2)24)15(3-4-16(25)22(21,29)9-23)20(11)7-14(32-19(20)28)13-5-6-30-8-13/h5-6,8,11,14-15,17,26,29H,3-4,7,9-10H2,1-2H3/t11-,14+,15-,17-,20-,21+,22-/m1/s1. The highest BCUT2D eigenvalue weighted by Gasteiger charge is 2.78. The van der Waals surface area contributed by atoms with Crippen LogP contribution in [0.25, 0.3) is 0 Å². The van der Waals surface area contributed by atoms with Crippen LogP contribution in [0, 0.1) is 22.7 Å². The lowest BCUT2D eigenvalue weighted by atomic mass is 9.41. The van der Waals surface area contributed by atoms with Crippen LogP contribution in [-0.2, 0) is 28.7 Å². The SMILES string of the molecule is CC(=O)OC[C@@]12C(=O)[C@H](O)[C@@H](C)[C@]3(C[C@@H](c4ccoc4)OC3=O)[C@H]1CCC(=O)[C@]2(O)CCl. The smallest absolute Gasteiger partial charge is 0.313 e. The number of Topliss-reactive ketones (excluding diaryl/α,β-unsaturated/α-hetero) is 2. The second-order valence-electron chi connectivity index (χ2n) is 9.05. The number of carbonyl (C=O) groups excluding carboxylic acids is 4. The summed E-state index contributed by atoms with van der Waals surface area (Å²) in [6, 6.07) is 1.65. The van der Waals surface area contributed by atoms with Gasteiger partial charge in [0.25, 0.3) is 0 Å². The van der Waals surface area contributed by atoms with Crippen molar-refractivity contribution in [1.29, 1.82) is 0 Å². The minimum atomic E-state index is -2.42. The monoisotopic (exact) mass is 468 g/mol. The van der Waals surface area contributed by atoms with Crippen LogP contribution in [0.4, 0.5) is 0 Å². The number of hydrogen-bond donors (Lipinski definition) is 2. The highest BCUT2D eigenvalue weighted by molar-refractivity contribution is 6.22. The molecule has 2 heterocycles. The number of esters is 2. The van der Waals surface area contributed by atoms with Gasteiger partial charge in [0.15, 0.2) is 17.2 Å². The fourth-order valence-electron chi connectivity index (χ4n) is 6.10. The quantitative estimate of drug-likeness (QED) is 0.494. The minimum Gasteiger partial charge on any atom is -0.472 e. The lowest BCUT2D eigenvalue weighted by Crippen LogP contribution is -2.76. The van der Waals surface area contributed by atoms with E-state index in [2.05, 4.69) is 0 Å². The van der Waals surface area contributed by atoms with Crippen LogP contribution in [0.5, 0.6) is 0 Å². The van der Waals surface area contributed by atoms with E-state index in [-0.39, 0.29) is 19.3 Å². The highest BCUT2D eigenvalue weighted by Crippen LogP contribution is 2.66. The van der Waals surface area contributed by atoms with Gasteiger partial charge < -0.3 is 24.1 Å². The molecule has 3 fully saturated rings. The summed E-state index contributed by atoms with van der Waals surface area (Å²) in [4.78, 5) is 51.6. The zero-order valence-electron chi connectivity index (χ0n) is 17.7. The molecule has 1 saturated heterocycles. The number of carbonyl (C=O) groups is 4. The lowest BCUT2D eigenvalue weighted by Gasteiger charge is -2.60. The first-order valence-electron chi connectivity index (χ1n) is 10.5. The first-order chi connectivity index (χ1) is 15.1. The number of rotatable bonds is 4. The van der Waals surface area contributed by atoms with Gasteiger partial charge in [-0.1, -0.05) is 6.92 Å². The van der Waals surface area contributed by atoms with E-state index < -0.39 is 76.5 Å². The fourth-order valence-corrected chi connectivity index (χ4v) is 6.49. The summed E-state index contributed by atoms with van der Waals surface area (Å²) in [5, 5.41) is 22.5. The third-order valence-electron chi connectivity index (χ3n) is 7.83. The number of fused-ring (bicyclic) bond motifs is 2. The van der Waals surface area contributed by atoms with Crippen molar-refractivity contribution in [3.8, 4) is 0 Å². The van der Waals surface area contributed by atoms with E-state index >= 15 is 0 Å². The van der Waals surface area contributed by atoms with Gasteiger partial charge in [-0.3, -0.25) is 19.2 Å². The summed E-state index contributed by atoms with van der Waals surface area (Å²) in [5.74, 6) is -5.43. The third-order valence-corrected chi connectivity index (χ3v) is 8.22. The van der Waals surface area contributed by atoms with Crippen LogP contribution in [0.2, 0.25) is 0 Å². The van der Waals surface area contributed by atoms with Crippen molar-refractivity contribution in [3.05, 3.63) is 24.2 Å². The number of hydrogen-bond acceptors (Lipinski definition) is 9. The Morgan fingerprint density at radius 3 is 2.66 bits per heavy atom. The van der Waals surface area contributed by atoms with Crippen LogP contribution in [0.1, 0.15) is 44.8 Å². The number of furan rings is 1. The minimum absolute atomic E-state index is 0.0648. The van der Waals surface area contributed by atoms with Crippen molar-refractivity contribution in [2.24, 2.45) is 22.7 Å². The second kappa shape index (κ2) is 7.67. The van der Waals surface area contributed by atoms with Gasteiger partial charge in [-0.25, -0.2) is 0 Å². The molecule has 10 heteroatoms. The van der Waals surface area contributed by atoms with Gasteiger partial charge >= 0.3 is 11.9 Å². The second-order valence-corrected chi connectivity index (χ2v) is 9.32. The zero-order valence-corrected chi connectivity index (χ0v) is 18.5. The van der Waals surface area contributed by atoms with E-state index in [0.717, 1.165) is 6.92 Å². The Hall–Kier alpha value is -2.23. The van der Waals surface area contributed by atoms with E-state index in [0.29, 0.717) is 5.56 Å². The van der Waals surface area contributed by atoms with Crippen LogP contribution in [0.3, 0.4) is 0 Å². The maximum absolute atomic E-state index is 13.6. The summed E-state index contributed by atoms with van der Waals surface area (Å²) in [7, 11) is 0. The molecule has 0 amide bonds. The number of ketones is 2. The highest BCUT2D eigenvalue weighted by atomic mass is 35.5. The molecule has 2 N–H and O–H groups in total. The maximum atomic E-state index is 13.6. The Kier molecular flexibility index (Phi) is 5.50. The number of alkyl halides is 1. The van der Waals surface area contributed by atoms with Gasteiger partial charge in [0.1, 0.15) is 24.2 Å². The molecule has 2 saturated carbocycles. The van der Waals surface area contributed by atoms with Gasteiger partial charge in [0.2, 0.25) is 0 Å². The third kappa shape index (κ3) is 2.77. The van der Waals surface area contributed by atoms with Gasteiger partial charge in [-0.05, 0) is 18.4 Å². The molecule has 0 aromatic carbocycles. The molecule has 0 bridgehead atoms. The fraction of sp³-hybridized carbons (Fsp3) is 0.636. The largest absolute Gasteiger partial charge is 0.472 e. The molecule has 4 rings (SSSR count). The van der Waals surface area contributed by atoms with Crippen LogP contribution in [0.15, 0.2) is 23.0 Å². The summed E-state index contributed by atoms with van der Waals surface area (Å²) >= 11 is 6.06. The number of halogens is 1. The Morgan fingerprint density at radius 1 is 1.34 bits per heavy atom. The molecule has 7 atom stereocenters. The summed E-state index contributed by atoms with van der Waals surface area (Å²) in [5.41, 5.74) is -5.33. The molecule has 1 aliphatic heterocycles. The summed E-state index contributed by atoms with van der Waals surface area (Å²) < 4.78 is 15.9. The number of aliphatic hydroxyl groups is 2. The van der Waals surface area contributed by atoms with E-state index in [9.17, 15) is 29.4 Å². The van der Waals surface area contributed by atoms with E-state index in [1.807, 2.05) is 0 Å². The molecule has 0 unspecified atom stereocenters. The molecule has 9 nitrogen and oxygen atoms in total. The molecule has 2 aliphatic carbocycles. The molecule has 32 heavy (non-hydrogen) atoms. The Labute approximate surface area is 189 Å². The van der Waals surface area contributed by atoms with Gasteiger partial charge in [0, 0.05) is 31.2 Å². The van der Waals surface area contributed by atoms with Crippen molar-refractivity contribution in [2.75, 3.05) is 12.5 Å². The first-order valence-corrected chi connectivity index (χ1v) is 11.0. The Bertz CT molecular complexity index is 959. The molecular weight excluding hydrogens is 444 g/mol. The Morgan fingerprint density at radius 2 is 2.06 bits per heavy atom. The Balaban J connectivity index is 1.92. The topological polar surface area (TPSA) is 140 Å². The van der Waals surface area contributed by atoms with Gasteiger partial charge in [-0.2, -0.15) is 0 Å². The van der Waals surface area contributed by atoms with Crippen molar-refractivity contribution < 1.29 is 43.3 Å². The van der Waals surface area contributed by atoms with Gasteiger partial charge in [0.05, 0.1) is 23.8 Å². The molecule has 1 spiro atoms. The molecule has 0 radical (unpaired) electrons.